The number of nitrogens with one attached hydrogen (secondary N) is 1. The molecule has 7 nitrogen and oxygen atoms in total. The molecule has 0 fully saturated rings. The van der Waals surface area contributed by atoms with Crippen LogP contribution in [-0.4, -0.2) is 20.2 Å². The van der Waals surface area contributed by atoms with Crippen molar-refractivity contribution in [3.8, 4) is 17.5 Å². The maximum absolute atomic E-state index is 12.8. The summed E-state index contributed by atoms with van der Waals surface area (Å²) in [6.07, 6.45) is 2.55. The van der Waals surface area contributed by atoms with E-state index in [-0.39, 0.29) is 11.7 Å². The van der Waals surface area contributed by atoms with Gasteiger partial charge in [0.2, 0.25) is 0 Å². The minimum atomic E-state index is -0.426. The number of aromatic nitrogens is 4. The second-order valence-electron chi connectivity index (χ2n) is 3.93. The van der Waals surface area contributed by atoms with Gasteiger partial charge < -0.3 is 4.42 Å². The first-order valence-electron chi connectivity index (χ1n) is 5.83. The second-order valence-corrected chi connectivity index (χ2v) is 3.93. The smallest absolute Gasteiger partial charge is 0.300 e. The van der Waals surface area contributed by atoms with Crippen molar-refractivity contribution in [2.75, 3.05) is 5.32 Å². The zero-order valence-corrected chi connectivity index (χ0v) is 10.5. The van der Waals surface area contributed by atoms with Crippen LogP contribution in [0.2, 0.25) is 0 Å². The molecule has 0 radical (unpaired) electrons. The first-order chi connectivity index (χ1) is 10.2. The Hall–Kier alpha value is -3.34. The number of hydrogen-bond donors (Lipinski definition) is 1. The van der Waals surface area contributed by atoms with E-state index in [1.54, 1.807) is 6.07 Å². The molecule has 0 atom stereocenters. The van der Waals surface area contributed by atoms with Crippen molar-refractivity contribution in [3.05, 3.63) is 48.2 Å². The average Bonchev–Trinajstić information content (AvgIpc) is 2.97. The molecule has 0 aromatic carbocycles. The molecule has 0 unspecified atom stereocenters. The third-order valence-electron chi connectivity index (χ3n) is 2.50. The first-order valence-corrected chi connectivity index (χ1v) is 5.83. The summed E-state index contributed by atoms with van der Waals surface area (Å²) < 4.78 is 18.2. The van der Waals surface area contributed by atoms with E-state index in [0.29, 0.717) is 17.3 Å². The van der Waals surface area contributed by atoms with Crippen LogP contribution in [0.5, 0.6) is 0 Å². The lowest BCUT2D eigenvalue weighted by molar-refractivity contribution is 0.587. The Balaban J connectivity index is 1.78. The molecule has 3 heterocycles. The lowest BCUT2D eigenvalue weighted by Gasteiger charge is -1.99. The highest BCUT2D eigenvalue weighted by atomic mass is 19.1. The maximum atomic E-state index is 12.8. The third kappa shape index (κ3) is 2.82. The summed E-state index contributed by atoms with van der Waals surface area (Å²) in [4.78, 5) is 7.90. The largest absolute Gasteiger partial charge is 0.422 e. The Morgan fingerprint density at radius 2 is 2.00 bits per heavy atom. The van der Waals surface area contributed by atoms with Crippen molar-refractivity contribution in [1.29, 1.82) is 5.26 Å². The van der Waals surface area contributed by atoms with Gasteiger partial charge in [-0.3, -0.25) is 5.32 Å². The van der Waals surface area contributed by atoms with E-state index < -0.39 is 5.82 Å². The molecule has 0 aliphatic rings. The highest BCUT2D eigenvalue weighted by molar-refractivity contribution is 5.54. The summed E-state index contributed by atoms with van der Waals surface area (Å²) in [5.74, 6) is 0.345. The molecular formula is C13H7FN6O. The van der Waals surface area contributed by atoms with E-state index in [9.17, 15) is 4.39 Å². The van der Waals surface area contributed by atoms with Crippen LogP contribution in [0.4, 0.5) is 16.2 Å². The van der Waals surface area contributed by atoms with Gasteiger partial charge >= 0.3 is 6.01 Å². The normalized spacial score (nSPS) is 10.1. The van der Waals surface area contributed by atoms with Crippen molar-refractivity contribution in [2.45, 2.75) is 0 Å². The van der Waals surface area contributed by atoms with Crippen LogP contribution in [0.3, 0.4) is 0 Å². The van der Waals surface area contributed by atoms with Gasteiger partial charge in [-0.05, 0) is 24.3 Å². The Bertz CT molecular complexity index is 791. The predicted molar refractivity (Wildman–Crippen MR) is 69.7 cm³/mol. The zero-order chi connectivity index (χ0) is 14.7. The van der Waals surface area contributed by atoms with Gasteiger partial charge in [-0.25, -0.2) is 14.4 Å². The average molecular weight is 282 g/mol. The maximum Gasteiger partial charge on any atom is 0.300 e. The van der Waals surface area contributed by atoms with Crippen LogP contribution in [0.15, 0.2) is 41.1 Å². The van der Waals surface area contributed by atoms with Gasteiger partial charge in [0.05, 0.1) is 12.4 Å². The minimum Gasteiger partial charge on any atom is -0.422 e. The molecular weight excluding hydrogens is 275 g/mol. The molecule has 0 spiro atoms. The number of anilines is 2. The Morgan fingerprint density at radius 3 is 2.67 bits per heavy atom. The molecule has 21 heavy (non-hydrogen) atoms. The number of nitriles is 1. The standard InChI is InChI=1S/C13H7FN6O/c14-8-1-3-10(16-6-8)11-7-17-13(21-11)18-12-4-2-9(5-15)19-20-12/h1-4,6-7H,(H,17,18,20). The molecule has 8 heteroatoms. The second kappa shape index (κ2) is 5.34. The van der Waals surface area contributed by atoms with Crippen molar-refractivity contribution < 1.29 is 8.81 Å². The highest BCUT2D eigenvalue weighted by Gasteiger charge is 2.08. The topological polar surface area (TPSA) is 101 Å². The van der Waals surface area contributed by atoms with Crippen molar-refractivity contribution in [3.63, 3.8) is 0 Å². The van der Waals surface area contributed by atoms with Gasteiger partial charge in [-0.2, -0.15) is 5.26 Å². The van der Waals surface area contributed by atoms with E-state index in [4.69, 9.17) is 9.68 Å². The van der Waals surface area contributed by atoms with Crippen LogP contribution >= 0.6 is 0 Å². The van der Waals surface area contributed by atoms with E-state index in [1.807, 2.05) is 6.07 Å². The SMILES string of the molecule is N#Cc1ccc(Nc2ncc(-c3ccc(F)cn3)o2)nn1. The van der Waals surface area contributed by atoms with Crippen molar-refractivity contribution in [2.24, 2.45) is 0 Å². The number of pyridine rings is 1. The van der Waals surface area contributed by atoms with Gasteiger partial charge in [-0.1, -0.05) is 0 Å². The minimum absolute atomic E-state index is 0.190. The molecule has 0 bridgehead atoms. The fourth-order valence-electron chi connectivity index (χ4n) is 1.54. The summed E-state index contributed by atoms with van der Waals surface area (Å²) in [5.41, 5.74) is 0.673. The fraction of sp³-hybridized carbons (Fsp3) is 0. The van der Waals surface area contributed by atoms with Crippen LogP contribution in [-0.2, 0) is 0 Å². The van der Waals surface area contributed by atoms with E-state index in [2.05, 4.69) is 25.5 Å². The summed E-state index contributed by atoms with van der Waals surface area (Å²) in [6, 6.07) is 7.92. The first kappa shape index (κ1) is 12.7. The third-order valence-corrected chi connectivity index (χ3v) is 2.50. The number of oxazole rings is 1. The number of rotatable bonds is 3. The predicted octanol–water partition coefficient (Wildman–Crippen LogP) is 2.28. The van der Waals surface area contributed by atoms with Gasteiger partial charge in [0, 0.05) is 0 Å². The molecule has 1 N–H and O–H groups in total. The zero-order valence-electron chi connectivity index (χ0n) is 10.5. The van der Waals surface area contributed by atoms with Crippen LogP contribution < -0.4 is 5.32 Å². The highest BCUT2D eigenvalue weighted by Crippen LogP contribution is 2.22. The van der Waals surface area contributed by atoms with Crippen LogP contribution in [0.25, 0.3) is 11.5 Å². The summed E-state index contributed by atoms with van der Waals surface area (Å²) in [6.45, 7) is 0. The summed E-state index contributed by atoms with van der Waals surface area (Å²) >= 11 is 0. The van der Waals surface area contributed by atoms with E-state index >= 15 is 0 Å². The van der Waals surface area contributed by atoms with Crippen LogP contribution in [0, 0.1) is 17.1 Å². The number of hydrogen-bond acceptors (Lipinski definition) is 7. The van der Waals surface area contributed by atoms with Crippen molar-refractivity contribution in [1.82, 2.24) is 20.2 Å². The molecule has 3 aromatic heterocycles. The Morgan fingerprint density at radius 1 is 1.10 bits per heavy atom. The molecule has 0 amide bonds. The molecule has 0 saturated carbocycles. The molecule has 3 aromatic rings. The monoisotopic (exact) mass is 282 g/mol. The Kier molecular flexibility index (Phi) is 3.22. The lowest BCUT2D eigenvalue weighted by atomic mass is 10.3. The number of nitrogens with zero attached hydrogens (tertiary/aromatic N) is 5. The van der Waals surface area contributed by atoms with Crippen LogP contribution in [0.1, 0.15) is 5.69 Å². The molecule has 0 aliphatic carbocycles. The fourth-order valence-corrected chi connectivity index (χ4v) is 1.54. The summed E-state index contributed by atoms with van der Waals surface area (Å²) in [5, 5.41) is 18.9. The van der Waals surface area contributed by atoms with E-state index in [1.165, 1.54) is 24.4 Å². The molecule has 102 valence electrons. The molecule has 0 aliphatic heterocycles. The quantitative estimate of drug-likeness (QED) is 0.786. The van der Waals surface area contributed by atoms with Gasteiger partial charge in [-0.15, -0.1) is 10.2 Å². The van der Waals surface area contributed by atoms with Crippen molar-refractivity contribution >= 4 is 11.8 Å². The van der Waals surface area contributed by atoms with E-state index in [0.717, 1.165) is 6.20 Å². The summed E-state index contributed by atoms with van der Waals surface area (Å²) in [7, 11) is 0. The number of halogens is 1. The van der Waals surface area contributed by atoms with Gasteiger partial charge in [0.1, 0.15) is 17.6 Å². The van der Waals surface area contributed by atoms with Gasteiger partial charge in [0.15, 0.2) is 17.3 Å². The molecule has 3 rings (SSSR count). The van der Waals surface area contributed by atoms with Gasteiger partial charge in [0.25, 0.3) is 0 Å². The lowest BCUT2D eigenvalue weighted by Crippen LogP contribution is -1.96. The Labute approximate surface area is 118 Å². The molecule has 0 saturated heterocycles.